The lowest BCUT2D eigenvalue weighted by Gasteiger charge is -2.20. The molecule has 0 atom stereocenters. The van der Waals surface area contributed by atoms with E-state index in [1.165, 1.54) is 69.8 Å². The number of allylic oxidation sites excluding steroid dienone is 1. The maximum atomic E-state index is 5.38. The zero-order valence-electron chi connectivity index (χ0n) is 34.1. The van der Waals surface area contributed by atoms with Crippen LogP contribution in [0.15, 0.2) is 194 Å². The molecule has 5 nitrogen and oxygen atoms in total. The van der Waals surface area contributed by atoms with Crippen molar-refractivity contribution in [3.05, 3.63) is 205 Å². The van der Waals surface area contributed by atoms with Crippen molar-refractivity contribution >= 4 is 76.0 Å². The second kappa shape index (κ2) is 14.3. The first kappa shape index (κ1) is 35.8. The second-order valence-electron chi connectivity index (χ2n) is 16.3. The molecule has 0 saturated carbocycles. The van der Waals surface area contributed by atoms with E-state index in [1.807, 2.05) is 18.2 Å². The summed E-state index contributed by atoms with van der Waals surface area (Å²) in [5.74, 6) is 1.91. The van der Waals surface area contributed by atoms with Gasteiger partial charge in [-0.3, -0.25) is 0 Å². The van der Waals surface area contributed by atoms with Crippen molar-refractivity contribution in [2.75, 3.05) is 0 Å². The Morgan fingerprint density at radius 3 is 1.68 bits per heavy atom. The minimum absolute atomic E-state index is 0.628. The van der Waals surface area contributed by atoms with Gasteiger partial charge in [0.05, 0.1) is 22.2 Å². The largest absolute Gasteiger partial charge is 0.313 e. The van der Waals surface area contributed by atoms with Gasteiger partial charge in [0.1, 0.15) is 0 Å². The number of hydrogen-bond acceptors (Lipinski definition) is 4. The van der Waals surface area contributed by atoms with E-state index in [1.54, 1.807) is 11.3 Å². The van der Waals surface area contributed by atoms with E-state index in [0.29, 0.717) is 17.5 Å². The molecule has 0 unspecified atom stereocenters. The van der Waals surface area contributed by atoms with Crippen LogP contribution in [-0.2, 0) is 6.42 Å². The summed E-state index contributed by atoms with van der Waals surface area (Å²) in [6.07, 6.45) is 4.30. The van der Waals surface area contributed by atoms with Crippen molar-refractivity contribution in [2.24, 2.45) is 0 Å². The predicted octanol–water partition coefficient (Wildman–Crippen LogP) is 14.9. The van der Waals surface area contributed by atoms with Crippen molar-refractivity contribution in [1.82, 2.24) is 24.1 Å². The van der Waals surface area contributed by atoms with Crippen LogP contribution in [0.1, 0.15) is 17.7 Å². The highest BCUT2D eigenvalue weighted by atomic mass is 32.1. The van der Waals surface area contributed by atoms with Gasteiger partial charge >= 0.3 is 0 Å². The molecule has 0 saturated heterocycles. The number of thiophene rings is 1. The standard InChI is InChI=1S/C57H37N5S/c1-3-15-36(16-4-1)41-31-28-39(62-51-25-13-9-21-44(51)45-32-29-40(35-52(45)62)61-49-23-11-7-19-42(49)43-20-8-12-24-50(43)61)34-48(41)57-59-55(37-17-5-2-6-18-37)58-56(60-57)38-27-30-47-46-22-10-14-26-53(46)63-54(47)33-38/h1-28,30-31,33-35H,29,32H2. The van der Waals surface area contributed by atoms with E-state index in [9.17, 15) is 0 Å². The summed E-state index contributed by atoms with van der Waals surface area (Å²) in [7, 11) is 0. The third-order valence-electron chi connectivity index (χ3n) is 12.7. The average Bonchev–Trinajstić information content (AvgIpc) is 4.01. The first-order valence-electron chi connectivity index (χ1n) is 21.5. The SMILES string of the molecule is C1=C(n2c3ccccc3c3ccccc32)CCc2c1n(-c1ccc(-c3ccccc3)c(-c3nc(-c4ccccc4)nc(-c4ccc5c(c4)sc4ccccc45)n3)c1)c1ccccc21. The molecule has 6 heteroatoms. The smallest absolute Gasteiger partial charge is 0.164 e. The fourth-order valence-electron chi connectivity index (χ4n) is 9.84. The molecule has 4 heterocycles. The molecule has 1 aliphatic carbocycles. The lowest BCUT2D eigenvalue weighted by Crippen LogP contribution is -2.07. The molecule has 0 N–H and O–H groups in total. The highest BCUT2D eigenvalue weighted by molar-refractivity contribution is 7.25. The van der Waals surface area contributed by atoms with Gasteiger partial charge in [0.2, 0.25) is 0 Å². The molecule has 8 aromatic carbocycles. The van der Waals surface area contributed by atoms with Gasteiger partial charge in [0, 0.05) is 64.4 Å². The molecule has 63 heavy (non-hydrogen) atoms. The van der Waals surface area contributed by atoms with Gasteiger partial charge in [0.25, 0.3) is 0 Å². The van der Waals surface area contributed by atoms with Crippen LogP contribution in [0.4, 0.5) is 0 Å². The number of aryl methyl sites for hydroxylation is 1. The van der Waals surface area contributed by atoms with Gasteiger partial charge in [-0.1, -0.05) is 152 Å². The molecule has 0 spiro atoms. The molecular weight excluding hydrogens is 787 g/mol. The Balaban J connectivity index is 1.04. The summed E-state index contributed by atoms with van der Waals surface area (Å²) in [5.41, 5.74) is 13.6. The van der Waals surface area contributed by atoms with Gasteiger partial charge in [-0.25, -0.2) is 15.0 Å². The number of aromatic nitrogens is 5. The quantitative estimate of drug-likeness (QED) is 0.168. The molecule has 0 fully saturated rings. The number of hydrogen-bond donors (Lipinski definition) is 0. The average molecular weight is 824 g/mol. The van der Waals surface area contributed by atoms with Crippen molar-refractivity contribution < 1.29 is 0 Å². The Hall–Kier alpha value is -7.93. The molecule has 13 rings (SSSR count). The van der Waals surface area contributed by atoms with Crippen LogP contribution in [0, 0.1) is 0 Å². The summed E-state index contributed by atoms with van der Waals surface area (Å²) in [6.45, 7) is 0. The molecule has 0 aliphatic heterocycles. The van der Waals surface area contributed by atoms with Crippen molar-refractivity contribution in [3.63, 3.8) is 0 Å². The third kappa shape index (κ3) is 5.79. The Kier molecular flexibility index (Phi) is 8.14. The van der Waals surface area contributed by atoms with Crippen molar-refractivity contribution in [2.45, 2.75) is 12.8 Å². The van der Waals surface area contributed by atoms with E-state index in [4.69, 9.17) is 15.0 Å². The van der Waals surface area contributed by atoms with E-state index in [-0.39, 0.29) is 0 Å². The van der Waals surface area contributed by atoms with Gasteiger partial charge in [-0.2, -0.15) is 0 Å². The maximum Gasteiger partial charge on any atom is 0.164 e. The van der Waals surface area contributed by atoms with Crippen LogP contribution < -0.4 is 0 Å². The molecule has 0 bridgehead atoms. The van der Waals surface area contributed by atoms with Crippen LogP contribution in [0.5, 0.6) is 0 Å². The van der Waals surface area contributed by atoms with Crippen LogP contribution in [0.2, 0.25) is 0 Å². The second-order valence-corrected chi connectivity index (χ2v) is 17.4. The van der Waals surface area contributed by atoms with E-state index >= 15 is 0 Å². The minimum atomic E-state index is 0.628. The molecule has 12 aromatic rings. The van der Waals surface area contributed by atoms with Crippen LogP contribution >= 0.6 is 11.3 Å². The summed E-state index contributed by atoms with van der Waals surface area (Å²) >= 11 is 1.80. The summed E-state index contributed by atoms with van der Waals surface area (Å²) in [6, 6.07) is 69.3. The Morgan fingerprint density at radius 1 is 0.381 bits per heavy atom. The Bertz CT molecular complexity index is 3740. The van der Waals surface area contributed by atoms with E-state index in [2.05, 4.69) is 191 Å². The molecule has 0 amide bonds. The van der Waals surface area contributed by atoms with Gasteiger partial charge in [-0.15, -0.1) is 11.3 Å². The highest BCUT2D eigenvalue weighted by Gasteiger charge is 2.25. The normalized spacial score (nSPS) is 12.7. The topological polar surface area (TPSA) is 48.5 Å². The van der Waals surface area contributed by atoms with Gasteiger partial charge in [0.15, 0.2) is 17.5 Å². The zero-order chi connectivity index (χ0) is 41.4. The molecule has 296 valence electrons. The predicted molar refractivity (Wildman–Crippen MR) is 263 cm³/mol. The number of rotatable bonds is 6. The van der Waals surface area contributed by atoms with Gasteiger partial charge < -0.3 is 9.13 Å². The lowest BCUT2D eigenvalue weighted by molar-refractivity contribution is 0.936. The summed E-state index contributed by atoms with van der Waals surface area (Å²) < 4.78 is 7.41. The highest BCUT2D eigenvalue weighted by Crippen LogP contribution is 2.43. The number of benzene rings is 8. The fraction of sp³-hybridized carbons (Fsp3) is 0.0351. The lowest BCUT2D eigenvalue weighted by atomic mass is 9.97. The van der Waals surface area contributed by atoms with Crippen LogP contribution in [0.3, 0.4) is 0 Å². The first-order valence-corrected chi connectivity index (χ1v) is 22.3. The van der Waals surface area contributed by atoms with Crippen LogP contribution in [0.25, 0.3) is 116 Å². The first-order chi connectivity index (χ1) is 31.2. The minimum Gasteiger partial charge on any atom is -0.313 e. The van der Waals surface area contributed by atoms with Crippen molar-refractivity contribution in [1.29, 1.82) is 0 Å². The monoisotopic (exact) mass is 823 g/mol. The van der Waals surface area contributed by atoms with E-state index < -0.39 is 0 Å². The van der Waals surface area contributed by atoms with E-state index in [0.717, 1.165) is 46.3 Å². The van der Waals surface area contributed by atoms with Gasteiger partial charge in [-0.05, 0) is 78.1 Å². The summed E-state index contributed by atoms with van der Waals surface area (Å²) in [4.78, 5) is 15.9. The molecule has 1 aliphatic rings. The van der Waals surface area contributed by atoms with Crippen LogP contribution in [-0.4, -0.2) is 24.1 Å². The van der Waals surface area contributed by atoms with Crippen molar-refractivity contribution in [3.8, 4) is 51.0 Å². The number of fused-ring (bicyclic) bond motifs is 9. The Labute approximate surface area is 367 Å². The fourth-order valence-corrected chi connectivity index (χ4v) is 11.0. The molecule has 0 radical (unpaired) electrons. The Morgan fingerprint density at radius 2 is 0.952 bits per heavy atom. The maximum absolute atomic E-state index is 5.38. The number of para-hydroxylation sites is 3. The third-order valence-corrected chi connectivity index (χ3v) is 13.8. The number of nitrogens with zero attached hydrogens (tertiary/aromatic N) is 5. The molecular formula is C57H37N5S. The summed E-state index contributed by atoms with van der Waals surface area (Å²) in [5, 5.41) is 6.35. The zero-order valence-corrected chi connectivity index (χ0v) is 34.9. The molecule has 4 aromatic heterocycles.